The minimum absolute atomic E-state index is 0.252. The first-order chi connectivity index (χ1) is 17.1. The molecule has 0 nitrogen and oxygen atoms in total. The maximum absolute atomic E-state index is 3.74. The number of benzene rings is 5. The Labute approximate surface area is 224 Å². The molecule has 1 atom stereocenters. The van der Waals surface area contributed by atoms with E-state index in [4.69, 9.17) is 0 Å². The Morgan fingerprint density at radius 1 is 0.629 bits per heavy atom. The summed E-state index contributed by atoms with van der Waals surface area (Å²) in [6.07, 6.45) is 4.44. The van der Waals surface area contributed by atoms with Gasteiger partial charge in [-0.05, 0) is 92.0 Å². The molecule has 0 saturated heterocycles. The molecule has 5 aromatic rings. The monoisotopic (exact) mass is 580 g/mol. The van der Waals surface area contributed by atoms with Gasteiger partial charge in [-0.3, -0.25) is 0 Å². The Hall–Kier alpha value is -2.68. The van der Waals surface area contributed by atoms with Gasteiger partial charge in [-0.15, -0.1) is 0 Å². The molecule has 0 N–H and O–H groups in total. The molecule has 2 heteroatoms. The molecule has 172 valence electrons. The lowest BCUT2D eigenvalue weighted by Gasteiger charge is -2.25. The lowest BCUT2D eigenvalue weighted by atomic mass is 9.79. The highest BCUT2D eigenvalue weighted by atomic mass is 79.9. The predicted molar refractivity (Wildman–Crippen MR) is 158 cm³/mol. The topological polar surface area (TPSA) is 0 Å². The van der Waals surface area contributed by atoms with E-state index in [1.165, 1.54) is 60.5 Å². The van der Waals surface area contributed by atoms with E-state index < -0.39 is 0 Å². The second-order valence-corrected chi connectivity index (χ2v) is 11.2. The van der Waals surface area contributed by atoms with Gasteiger partial charge in [0.1, 0.15) is 0 Å². The fraction of sp³-hybridized carbons (Fsp3) is 0.152. The number of hydrogen-bond donors (Lipinski definition) is 0. The zero-order valence-corrected chi connectivity index (χ0v) is 23.1. The molecule has 0 heterocycles. The number of hydrogen-bond acceptors (Lipinski definition) is 0. The van der Waals surface area contributed by atoms with Crippen molar-refractivity contribution in [2.24, 2.45) is 0 Å². The van der Waals surface area contributed by atoms with Gasteiger partial charge >= 0.3 is 0 Å². The standard InChI is InChI=1S/C33H26Br2/c1-3-20-9-10-24-18-25(34)14-16-28(24)32(20)33-27-8-6-5-7-22(27)12-15-29(33)31-21(4-2)17-23-11-13-26(35)19-30(23)31/h5-19,31H,3-4H2,1-2H3. The van der Waals surface area contributed by atoms with Gasteiger partial charge in [0.15, 0.2) is 0 Å². The van der Waals surface area contributed by atoms with Crippen LogP contribution >= 0.6 is 31.9 Å². The highest BCUT2D eigenvalue weighted by molar-refractivity contribution is 9.10. The molecule has 0 bridgehead atoms. The molecule has 0 saturated carbocycles. The zero-order valence-electron chi connectivity index (χ0n) is 19.9. The maximum Gasteiger partial charge on any atom is 0.0314 e. The summed E-state index contributed by atoms with van der Waals surface area (Å²) in [6, 6.07) is 31.6. The largest absolute Gasteiger partial charge is 0.0616 e. The summed E-state index contributed by atoms with van der Waals surface area (Å²) in [6.45, 7) is 4.56. The molecule has 0 amide bonds. The molecule has 1 aliphatic carbocycles. The molecule has 1 unspecified atom stereocenters. The zero-order chi connectivity index (χ0) is 24.1. The quantitative estimate of drug-likeness (QED) is 0.198. The SMILES string of the molecule is CCC1=Cc2ccc(Br)cc2C1c1ccc2ccccc2c1-c1c(CC)ccc2cc(Br)ccc12. The number of allylic oxidation sites excluding steroid dienone is 1. The molecule has 0 fully saturated rings. The Bertz CT molecular complexity index is 1640. The Morgan fingerprint density at radius 3 is 2.20 bits per heavy atom. The first-order valence-corrected chi connectivity index (χ1v) is 13.9. The van der Waals surface area contributed by atoms with Gasteiger partial charge in [-0.2, -0.15) is 0 Å². The van der Waals surface area contributed by atoms with E-state index in [9.17, 15) is 0 Å². The van der Waals surface area contributed by atoms with Crippen molar-refractivity contribution in [3.8, 4) is 11.1 Å². The second kappa shape index (κ2) is 9.08. The van der Waals surface area contributed by atoms with Gasteiger partial charge in [0.2, 0.25) is 0 Å². The maximum atomic E-state index is 3.74. The number of aryl methyl sites for hydroxylation is 1. The average Bonchev–Trinajstić information content (AvgIpc) is 3.24. The van der Waals surface area contributed by atoms with Crippen LogP contribution in [0.5, 0.6) is 0 Å². The van der Waals surface area contributed by atoms with E-state index in [0.29, 0.717) is 0 Å². The highest BCUT2D eigenvalue weighted by Gasteiger charge is 2.30. The van der Waals surface area contributed by atoms with Gasteiger partial charge in [0.25, 0.3) is 0 Å². The molecular weight excluding hydrogens is 556 g/mol. The van der Waals surface area contributed by atoms with Crippen molar-refractivity contribution in [1.29, 1.82) is 0 Å². The van der Waals surface area contributed by atoms with Gasteiger partial charge in [-0.1, -0.05) is 118 Å². The lowest BCUT2D eigenvalue weighted by molar-refractivity contribution is 0.910. The molecular formula is C33H26Br2. The van der Waals surface area contributed by atoms with Crippen LogP contribution in [0.2, 0.25) is 0 Å². The molecule has 6 rings (SSSR count). The fourth-order valence-electron chi connectivity index (χ4n) is 5.83. The molecule has 35 heavy (non-hydrogen) atoms. The summed E-state index contributed by atoms with van der Waals surface area (Å²) in [5, 5.41) is 5.21. The van der Waals surface area contributed by atoms with Crippen LogP contribution in [-0.4, -0.2) is 0 Å². The Balaban J connectivity index is 1.75. The average molecular weight is 582 g/mol. The lowest BCUT2D eigenvalue weighted by Crippen LogP contribution is -2.05. The van der Waals surface area contributed by atoms with E-state index in [-0.39, 0.29) is 5.92 Å². The first kappa shape index (κ1) is 22.8. The van der Waals surface area contributed by atoms with Crippen molar-refractivity contribution in [3.63, 3.8) is 0 Å². The van der Waals surface area contributed by atoms with Gasteiger partial charge in [0.05, 0.1) is 0 Å². The van der Waals surface area contributed by atoms with Crippen LogP contribution in [0.15, 0.2) is 99.4 Å². The summed E-state index contributed by atoms with van der Waals surface area (Å²) < 4.78 is 2.25. The number of halogens is 2. The third-order valence-corrected chi connectivity index (χ3v) is 8.44. The van der Waals surface area contributed by atoms with E-state index >= 15 is 0 Å². The predicted octanol–water partition coefficient (Wildman–Crippen LogP) is 10.7. The van der Waals surface area contributed by atoms with Crippen molar-refractivity contribution in [1.82, 2.24) is 0 Å². The van der Waals surface area contributed by atoms with Crippen LogP contribution in [0.1, 0.15) is 48.4 Å². The normalized spacial score (nSPS) is 15.0. The van der Waals surface area contributed by atoms with Gasteiger partial charge in [-0.25, -0.2) is 0 Å². The van der Waals surface area contributed by atoms with Crippen LogP contribution in [0.3, 0.4) is 0 Å². The van der Waals surface area contributed by atoms with Crippen molar-refractivity contribution in [2.75, 3.05) is 0 Å². The van der Waals surface area contributed by atoms with Crippen LogP contribution in [0.25, 0.3) is 38.7 Å². The van der Waals surface area contributed by atoms with Crippen molar-refractivity contribution in [3.05, 3.63) is 122 Å². The molecule has 0 radical (unpaired) electrons. The second-order valence-electron chi connectivity index (χ2n) is 9.35. The third-order valence-electron chi connectivity index (χ3n) is 7.45. The van der Waals surface area contributed by atoms with E-state index in [2.05, 4.69) is 137 Å². The number of fused-ring (bicyclic) bond motifs is 3. The first-order valence-electron chi connectivity index (χ1n) is 12.3. The van der Waals surface area contributed by atoms with E-state index in [0.717, 1.165) is 21.8 Å². The summed E-state index contributed by atoms with van der Waals surface area (Å²) in [5.74, 6) is 0.252. The molecule has 0 spiro atoms. The van der Waals surface area contributed by atoms with Crippen molar-refractivity contribution >= 4 is 59.5 Å². The van der Waals surface area contributed by atoms with E-state index in [1.54, 1.807) is 0 Å². The van der Waals surface area contributed by atoms with Crippen LogP contribution in [-0.2, 0) is 6.42 Å². The molecule has 1 aliphatic rings. The fourth-order valence-corrected chi connectivity index (χ4v) is 6.58. The van der Waals surface area contributed by atoms with Crippen molar-refractivity contribution in [2.45, 2.75) is 32.6 Å². The Kier molecular flexibility index (Phi) is 5.90. The number of rotatable bonds is 4. The minimum Gasteiger partial charge on any atom is -0.0616 e. The molecule has 0 aromatic heterocycles. The smallest absolute Gasteiger partial charge is 0.0314 e. The summed E-state index contributed by atoms with van der Waals surface area (Å²) in [4.78, 5) is 0. The highest BCUT2D eigenvalue weighted by Crippen LogP contribution is 2.49. The molecule has 5 aromatic carbocycles. The summed E-state index contributed by atoms with van der Waals surface area (Å²) in [7, 11) is 0. The van der Waals surface area contributed by atoms with Gasteiger partial charge in [0, 0.05) is 14.9 Å². The minimum atomic E-state index is 0.252. The summed E-state index contributed by atoms with van der Waals surface area (Å²) in [5.41, 5.74) is 9.77. The Morgan fingerprint density at radius 2 is 1.37 bits per heavy atom. The molecule has 0 aliphatic heterocycles. The van der Waals surface area contributed by atoms with Gasteiger partial charge < -0.3 is 0 Å². The van der Waals surface area contributed by atoms with Crippen molar-refractivity contribution < 1.29 is 0 Å². The van der Waals surface area contributed by atoms with Crippen LogP contribution < -0.4 is 0 Å². The van der Waals surface area contributed by atoms with Crippen LogP contribution in [0, 0.1) is 0 Å². The summed E-state index contributed by atoms with van der Waals surface area (Å²) >= 11 is 7.43. The van der Waals surface area contributed by atoms with Crippen LogP contribution in [0.4, 0.5) is 0 Å². The third kappa shape index (κ3) is 3.79. The van der Waals surface area contributed by atoms with E-state index in [1.807, 2.05) is 0 Å².